The SMILES string of the molecule is CCCCN1CCN(S(=O)(=O)c2ccc3c(c2)CCC(=O)N3)CC1. The van der Waals surface area contributed by atoms with Crippen molar-refractivity contribution >= 4 is 21.6 Å². The Hall–Kier alpha value is -1.44. The van der Waals surface area contributed by atoms with Crippen LogP contribution in [-0.4, -0.2) is 56.3 Å². The van der Waals surface area contributed by atoms with Gasteiger partial charge in [0.15, 0.2) is 0 Å². The fourth-order valence-corrected chi connectivity index (χ4v) is 4.72. The zero-order valence-corrected chi connectivity index (χ0v) is 14.9. The maximum atomic E-state index is 12.9. The van der Waals surface area contributed by atoms with Crippen LogP contribution in [0, 0.1) is 0 Å². The Bertz CT molecular complexity index is 710. The number of unbranched alkanes of at least 4 members (excludes halogenated alkanes) is 1. The lowest BCUT2D eigenvalue weighted by atomic mass is 10.0. The first-order valence-electron chi connectivity index (χ1n) is 8.66. The molecular weight excluding hydrogens is 326 g/mol. The second kappa shape index (κ2) is 7.21. The molecule has 6 nitrogen and oxygen atoms in total. The highest BCUT2D eigenvalue weighted by Crippen LogP contribution is 2.27. The van der Waals surface area contributed by atoms with Crippen LogP contribution in [0.25, 0.3) is 0 Å². The third-order valence-corrected chi connectivity index (χ3v) is 6.66. The van der Waals surface area contributed by atoms with Crippen molar-refractivity contribution in [1.29, 1.82) is 0 Å². The first-order valence-corrected chi connectivity index (χ1v) is 10.1. The lowest BCUT2D eigenvalue weighted by Crippen LogP contribution is -2.48. The van der Waals surface area contributed by atoms with Gasteiger partial charge in [0.25, 0.3) is 0 Å². The molecule has 0 spiro atoms. The number of nitrogens with one attached hydrogen (secondary N) is 1. The van der Waals surface area contributed by atoms with Gasteiger partial charge in [-0.25, -0.2) is 8.42 Å². The van der Waals surface area contributed by atoms with E-state index in [9.17, 15) is 13.2 Å². The fraction of sp³-hybridized carbons (Fsp3) is 0.588. The summed E-state index contributed by atoms with van der Waals surface area (Å²) in [6, 6.07) is 5.02. The van der Waals surface area contributed by atoms with Crippen molar-refractivity contribution in [2.75, 3.05) is 38.0 Å². The van der Waals surface area contributed by atoms with Gasteiger partial charge in [-0.3, -0.25) is 4.79 Å². The number of aryl methyl sites for hydroxylation is 1. The van der Waals surface area contributed by atoms with Crippen LogP contribution < -0.4 is 5.32 Å². The molecule has 3 rings (SSSR count). The van der Waals surface area contributed by atoms with Crippen LogP contribution in [0.4, 0.5) is 5.69 Å². The number of sulfonamides is 1. The number of amides is 1. The minimum atomic E-state index is -3.46. The number of rotatable bonds is 5. The topological polar surface area (TPSA) is 69.7 Å². The van der Waals surface area contributed by atoms with Gasteiger partial charge in [0.1, 0.15) is 0 Å². The summed E-state index contributed by atoms with van der Waals surface area (Å²) in [5.41, 5.74) is 1.63. The van der Waals surface area contributed by atoms with E-state index < -0.39 is 10.0 Å². The largest absolute Gasteiger partial charge is 0.326 e. The lowest BCUT2D eigenvalue weighted by Gasteiger charge is -2.34. The Morgan fingerprint density at radius 2 is 1.88 bits per heavy atom. The molecule has 0 radical (unpaired) electrons. The standard InChI is InChI=1S/C17H25N3O3S/c1-2-3-8-19-9-11-20(12-10-19)24(22,23)15-5-6-16-14(13-15)4-7-17(21)18-16/h5-6,13H,2-4,7-12H2,1H3,(H,18,21). The van der Waals surface area contributed by atoms with Gasteiger partial charge in [0.05, 0.1) is 4.90 Å². The van der Waals surface area contributed by atoms with Gasteiger partial charge in [-0.2, -0.15) is 4.31 Å². The first-order chi connectivity index (χ1) is 11.5. The Labute approximate surface area is 143 Å². The number of nitrogens with zero attached hydrogens (tertiary/aromatic N) is 2. The number of benzene rings is 1. The fourth-order valence-electron chi connectivity index (χ4n) is 3.24. The Kier molecular flexibility index (Phi) is 5.22. The molecule has 24 heavy (non-hydrogen) atoms. The van der Waals surface area contributed by atoms with Crippen molar-refractivity contribution in [2.24, 2.45) is 0 Å². The zero-order chi connectivity index (χ0) is 17.2. The summed E-state index contributed by atoms with van der Waals surface area (Å²) < 4.78 is 27.3. The van der Waals surface area contributed by atoms with E-state index in [0.29, 0.717) is 30.8 Å². The van der Waals surface area contributed by atoms with Gasteiger partial charge < -0.3 is 10.2 Å². The van der Waals surface area contributed by atoms with Gasteiger partial charge in [0, 0.05) is 38.3 Å². The monoisotopic (exact) mass is 351 g/mol. The van der Waals surface area contributed by atoms with Gasteiger partial charge in [-0.1, -0.05) is 13.3 Å². The molecule has 1 aromatic rings. The molecular formula is C17H25N3O3S. The molecule has 0 unspecified atom stereocenters. The van der Waals surface area contributed by atoms with E-state index >= 15 is 0 Å². The molecule has 0 bridgehead atoms. The Morgan fingerprint density at radius 1 is 1.12 bits per heavy atom. The first kappa shape index (κ1) is 17.4. The zero-order valence-electron chi connectivity index (χ0n) is 14.1. The van der Waals surface area contributed by atoms with Gasteiger partial charge in [0.2, 0.25) is 15.9 Å². The molecule has 1 N–H and O–H groups in total. The average molecular weight is 351 g/mol. The molecule has 1 aromatic carbocycles. The van der Waals surface area contributed by atoms with Gasteiger partial charge >= 0.3 is 0 Å². The van der Waals surface area contributed by atoms with Crippen LogP contribution in [0.2, 0.25) is 0 Å². The van der Waals surface area contributed by atoms with E-state index in [4.69, 9.17) is 0 Å². The Balaban J connectivity index is 1.71. The molecule has 0 saturated carbocycles. The second-order valence-corrected chi connectivity index (χ2v) is 8.40. The molecule has 0 aliphatic carbocycles. The molecule has 2 heterocycles. The highest BCUT2D eigenvalue weighted by Gasteiger charge is 2.29. The van der Waals surface area contributed by atoms with E-state index in [-0.39, 0.29) is 5.91 Å². The summed E-state index contributed by atoms with van der Waals surface area (Å²) in [4.78, 5) is 14.1. The molecule has 2 aliphatic rings. The quantitative estimate of drug-likeness (QED) is 0.876. The maximum Gasteiger partial charge on any atom is 0.243 e. The second-order valence-electron chi connectivity index (χ2n) is 6.47. The minimum absolute atomic E-state index is 0.0127. The normalized spacial score (nSPS) is 19.8. The van der Waals surface area contributed by atoms with Crippen molar-refractivity contribution in [3.8, 4) is 0 Å². The van der Waals surface area contributed by atoms with E-state index in [2.05, 4.69) is 17.1 Å². The van der Waals surface area contributed by atoms with E-state index in [1.165, 1.54) is 0 Å². The highest BCUT2D eigenvalue weighted by molar-refractivity contribution is 7.89. The van der Waals surface area contributed by atoms with E-state index in [0.717, 1.165) is 43.7 Å². The number of hydrogen-bond acceptors (Lipinski definition) is 4. The molecule has 1 amide bonds. The molecule has 0 atom stereocenters. The molecule has 132 valence electrons. The van der Waals surface area contributed by atoms with E-state index in [1.54, 1.807) is 22.5 Å². The lowest BCUT2D eigenvalue weighted by molar-refractivity contribution is -0.116. The predicted molar refractivity (Wildman–Crippen MR) is 93.5 cm³/mol. The van der Waals surface area contributed by atoms with Crippen LogP contribution >= 0.6 is 0 Å². The van der Waals surface area contributed by atoms with Crippen LogP contribution in [0.15, 0.2) is 23.1 Å². The molecule has 7 heteroatoms. The number of piperazine rings is 1. The van der Waals surface area contributed by atoms with Crippen LogP contribution in [0.1, 0.15) is 31.7 Å². The molecule has 2 aliphatic heterocycles. The highest BCUT2D eigenvalue weighted by atomic mass is 32.2. The minimum Gasteiger partial charge on any atom is -0.326 e. The number of fused-ring (bicyclic) bond motifs is 1. The Morgan fingerprint density at radius 3 is 2.58 bits per heavy atom. The van der Waals surface area contributed by atoms with Gasteiger partial charge in [-0.05, 0) is 43.1 Å². The number of hydrogen-bond donors (Lipinski definition) is 1. The number of carbonyl (C=O) groups excluding carboxylic acids is 1. The summed E-state index contributed by atoms with van der Waals surface area (Å²) in [6.07, 6.45) is 3.31. The third kappa shape index (κ3) is 3.63. The van der Waals surface area contributed by atoms with Crippen LogP contribution in [0.3, 0.4) is 0 Å². The third-order valence-electron chi connectivity index (χ3n) is 4.77. The summed E-state index contributed by atoms with van der Waals surface area (Å²) in [5.74, 6) is -0.0127. The summed E-state index contributed by atoms with van der Waals surface area (Å²) >= 11 is 0. The summed E-state index contributed by atoms with van der Waals surface area (Å²) in [5, 5.41) is 2.79. The van der Waals surface area contributed by atoms with Crippen molar-refractivity contribution in [1.82, 2.24) is 9.21 Å². The van der Waals surface area contributed by atoms with Crippen molar-refractivity contribution in [3.63, 3.8) is 0 Å². The predicted octanol–water partition coefficient (Wildman–Crippen LogP) is 1.68. The van der Waals surface area contributed by atoms with Gasteiger partial charge in [-0.15, -0.1) is 0 Å². The van der Waals surface area contributed by atoms with Crippen molar-refractivity contribution in [3.05, 3.63) is 23.8 Å². The molecule has 1 fully saturated rings. The van der Waals surface area contributed by atoms with Crippen molar-refractivity contribution < 1.29 is 13.2 Å². The average Bonchev–Trinajstić information content (AvgIpc) is 2.59. The molecule has 0 aromatic heterocycles. The van der Waals surface area contributed by atoms with E-state index in [1.807, 2.05) is 0 Å². The summed E-state index contributed by atoms with van der Waals surface area (Å²) in [6.45, 7) is 5.88. The smallest absolute Gasteiger partial charge is 0.243 e. The van der Waals surface area contributed by atoms with Crippen molar-refractivity contribution in [2.45, 2.75) is 37.5 Å². The molecule has 1 saturated heterocycles. The van der Waals surface area contributed by atoms with Crippen LogP contribution in [0.5, 0.6) is 0 Å². The number of anilines is 1. The maximum absolute atomic E-state index is 12.9. The van der Waals surface area contributed by atoms with Crippen LogP contribution in [-0.2, 0) is 21.2 Å². The summed E-state index contributed by atoms with van der Waals surface area (Å²) in [7, 11) is -3.46. The number of carbonyl (C=O) groups is 1.